The Kier molecular flexibility index (Phi) is 19.0. The molecular formula is C45H84N2. The molecule has 0 spiro atoms. The van der Waals surface area contributed by atoms with Gasteiger partial charge in [0.15, 0.2) is 0 Å². The van der Waals surface area contributed by atoms with E-state index in [0.717, 1.165) is 36.3 Å². The molecule has 0 aromatic heterocycles. The maximum absolute atomic E-state index is 3.32. The molecular weight excluding hydrogens is 569 g/mol. The van der Waals surface area contributed by atoms with Crippen molar-refractivity contribution in [3.05, 3.63) is 0 Å². The Morgan fingerprint density at radius 2 is 0.277 bits per heavy atom. The summed E-state index contributed by atoms with van der Waals surface area (Å²) in [4.78, 5) is 6.65. The van der Waals surface area contributed by atoms with Crippen molar-refractivity contribution in [3.8, 4) is 0 Å². The SMILES string of the molecule is C1CCCCC(N(C2CCCCCCC2)C2CCCCC(N(C3CCCCCCCC3)C3CCCCCCCC3)CCC2)CCCC1. The van der Waals surface area contributed by atoms with Gasteiger partial charge in [0.05, 0.1) is 0 Å². The summed E-state index contributed by atoms with van der Waals surface area (Å²) in [7, 11) is 0. The Morgan fingerprint density at radius 1 is 0.149 bits per heavy atom. The zero-order chi connectivity index (χ0) is 32.2. The molecule has 5 rings (SSSR count). The van der Waals surface area contributed by atoms with Gasteiger partial charge >= 0.3 is 0 Å². The number of rotatable bonds is 6. The van der Waals surface area contributed by atoms with Crippen molar-refractivity contribution in [2.24, 2.45) is 0 Å². The molecule has 2 atom stereocenters. The summed E-state index contributed by atoms with van der Waals surface area (Å²) in [6.45, 7) is 0. The predicted molar refractivity (Wildman–Crippen MR) is 206 cm³/mol. The van der Waals surface area contributed by atoms with Gasteiger partial charge in [-0.15, -0.1) is 0 Å². The van der Waals surface area contributed by atoms with Crippen LogP contribution in [0.15, 0.2) is 0 Å². The van der Waals surface area contributed by atoms with E-state index in [1.165, 1.54) is 250 Å². The topological polar surface area (TPSA) is 6.48 Å². The van der Waals surface area contributed by atoms with Crippen molar-refractivity contribution in [3.63, 3.8) is 0 Å². The van der Waals surface area contributed by atoms with Crippen LogP contribution in [0, 0.1) is 0 Å². The molecule has 0 amide bonds. The Balaban J connectivity index is 1.32. The Morgan fingerprint density at radius 3 is 0.468 bits per heavy atom. The molecule has 0 radical (unpaired) electrons. The fourth-order valence-corrected chi connectivity index (χ4v) is 11.7. The van der Waals surface area contributed by atoms with E-state index in [9.17, 15) is 0 Å². The van der Waals surface area contributed by atoms with Crippen molar-refractivity contribution < 1.29 is 0 Å². The third-order valence-corrected chi connectivity index (χ3v) is 14.2. The fourth-order valence-electron chi connectivity index (χ4n) is 11.7. The highest BCUT2D eigenvalue weighted by atomic mass is 15.2. The summed E-state index contributed by atoms with van der Waals surface area (Å²) in [5.41, 5.74) is 0. The van der Waals surface area contributed by atoms with E-state index in [1.54, 1.807) is 0 Å². The van der Waals surface area contributed by atoms with Gasteiger partial charge in [-0.3, -0.25) is 9.80 Å². The van der Waals surface area contributed by atoms with Crippen LogP contribution in [0.3, 0.4) is 0 Å². The number of hydrogen-bond donors (Lipinski definition) is 0. The van der Waals surface area contributed by atoms with Gasteiger partial charge in [-0.25, -0.2) is 0 Å². The molecule has 2 heteroatoms. The molecule has 5 aliphatic carbocycles. The van der Waals surface area contributed by atoms with Crippen LogP contribution >= 0.6 is 0 Å². The van der Waals surface area contributed by atoms with Crippen LogP contribution in [-0.2, 0) is 0 Å². The quantitative estimate of drug-likeness (QED) is 0.282. The summed E-state index contributed by atoms with van der Waals surface area (Å²) in [6, 6.07) is 5.28. The van der Waals surface area contributed by atoms with Gasteiger partial charge in [0.1, 0.15) is 0 Å². The van der Waals surface area contributed by atoms with Gasteiger partial charge in [0, 0.05) is 36.3 Å². The second-order valence-corrected chi connectivity index (χ2v) is 17.8. The van der Waals surface area contributed by atoms with Crippen molar-refractivity contribution >= 4 is 0 Å². The highest BCUT2D eigenvalue weighted by Gasteiger charge is 2.35. The minimum absolute atomic E-state index is 0.869. The second-order valence-electron chi connectivity index (χ2n) is 17.8. The van der Waals surface area contributed by atoms with Gasteiger partial charge < -0.3 is 0 Å². The Hall–Kier alpha value is -0.0800. The van der Waals surface area contributed by atoms with Crippen LogP contribution in [0.4, 0.5) is 0 Å². The van der Waals surface area contributed by atoms with E-state index < -0.39 is 0 Å². The molecule has 0 aromatic carbocycles. The Labute approximate surface area is 295 Å². The van der Waals surface area contributed by atoms with E-state index >= 15 is 0 Å². The minimum atomic E-state index is 0.869. The number of hydrogen-bond acceptors (Lipinski definition) is 2. The monoisotopic (exact) mass is 653 g/mol. The third kappa shape index (κ3) is 13.5. The summed E-state index contributed by atoms with van der Waals surface area (Å²) >= 11 is 0. The molecule has 0 bridgehead atoms. The molecule has 2 nitrogen and oxygen atoms in total. The molecule has 2 unspecified atom stereocenters. The van der Waals surface area contributed by atoms with E-state index in [4.69, 9.17) is 0 Å². The summed E-state index contributed by atoms with van der Waals surface area (Å²) in [6.07, 6.45) is 58.6. The fraction of sp³-hybridized carbons (Fsp3) is 1.00. The summed E-state index contributed by atoms with van der Waals surface area (Å²) in [5.74, 6) is 0. The molecule has 5 aliphatic rings. The smallest absolute Gasteiger partial charge is 0.0101 e. The zero-order valence-corrected chi connectivity index (χ0v) is 31.9. The maximum Gasteiger partial charge on any atom is 0.0101 e. The van der Waals surface area contributed by atoms with Crippen molar-refractivity contribution in [1.29, 1.82) is 0 Å². The average Bonchev–Trinajstić information content (AvgIpc) is 3.36. The average molecular weight is 653 g/mol. The first-order valence-corrected chi connectivity index (χ1v) is 22.9. The van der Waals surface area contributed by atoms with Crippen LogP contribution in [-0.4, -0.2) is 46.1 Å². The van der Waals surface area contributed by atoms with E-state index in [0.29, 0.717) is 0 Å². The normalized spacial score (nSPS) is 30.3. The van der Waals surface area contributed by atoms with Crippen molar-refractivity contribution in [1.82, 2.24) is 9.80 Å². The lowest BCUT2D eigenvalue weighted by molar-refractivity contribution is 0.0350. The molecule has 0 N–H and O–H groups in total. The standard InChI is InChI=1S/C45H84N2/c1-2-9-17-28-40(29-18-10-3-1)47(43-34-23-15-8-16-24-35-43)45-37-26-25-36-44(38-27-39-45)46(41-30-19-11-4-5-12-20-31-41)42-32-21-13-6-7-14-22-33-42/h40-45H,1-39H2. The highest BCUT2D eigenvalue weighted by Crippen LogP contribution is 2.37. The highest BCUT2D eigenvalue weighted by molar-refractivity contribution is 4.91. The molecule has 5 fully saturated rings. The second kappa shape index (κ2) is 23.4. The predicted octanol–water partition coefficient (Wildman–Crippen LogP) is 14.1. The van der Waals surface area contributed by atoms with Gasteiger partial charge in [-0.2, -0.15) is 0 Å². The molecule has 0 aliphatic heterocycles. The van der Waals surface area contributed by atoms with Gasteiger partial charge in [0.2, 0.25) is 0 Å². The Bertz CT molecular complexity index is 703. The minimum Gasteiger partial charge on any atom is -0.294 e. The van der Waals surface area contributed by atoms with Gasteiger partial charge in [-0.05, 0) is 77.0 Å². The molecule has 274 valence electrons. The van der Waals surface area contributed by atoms with E-state index in [1.807, 2.05) is 0 Å². The zero-order valence-electron chi connectivity index (χ0n) is 31.9. The molecule has 47 heavy (non-hydrogen) atoms. The summed E-state index contributed by atoms with van der Waals surface area (Å²) in [5, 5.41) is 0. The lowest BCUT2D eigenvalue weighted by Crippen LogP contribution is -2.50. The third-order valence-electron chi connectivity index (χ3n) is 14.2. The van der Waals surface area contributed by atoms with Crippen LogP contribution in [0.5, 0.6) is 0 Å². The van der Waals surface area contributed by atoms with Crippen LogP contribution < -0.4 is 0 Å². The van der Waals surface area contributed by atoms with Crippen molar-refractivity contribution in [2.75, 3.05) is 0 Å². The first-order chi connectivity index (χ1) is 23.4. The summed E-state index contributed by atoms with van der Waals surface area (Å²) < 4.78 is 0. The molecule has 5 saturated carbocycles. The lowest BCUT2D eigenvalue weighted by atomic mass is 9.88. The largest absolute Gasteiger partial charge is 0.294 e. The molecule has 0 aromatic rings. The van der Waals surface area contributed by atoms with E-state index in [2.05, 4.69) is 9.80 Å². The van der Waals surface area contributed by atoms with Crippen LogP contribution in [0.25, 0.3) is 0 Å². The maximum atomic E-state index is 3.32. The number of nitrogens with zero attached hydrogens (tertiary/aromatic N) is 2. The first kappa shape index (κ1) is 38.2. The molecule has 0 heterocycles. The van der Waals surface area contributed by atoms with Gasteiger partial charge in [-0.1, -0.05) is 173 Å². The van der Waals surface area contributed by atoms with E-state index in [-0.39, 0.29) is 0 Å². The van der Waals surface area contributed by atoms with Crippen LogP contribution in [0.2, 0.25) is 0 Å². The van der Waals surface area contributed by atoms with Crippen molar-refractivity contribution in [2.45, 2.75) is 287 Å². The molecule has 0 saturated heterocycles. The van der Waals surface area contributed by atoms with Gasteiger partial charge in [0.25, 0.3) is 0 Å². The lowest BCUT2D eigenvalue weighted by Gasteiger charge is -2.45. The first-order valence-electron chi connectivity index (χ1n) is 22.9. The van der Waals surface area contributed by atoms with Crippen LogP contribution in [0.1, 0.15) is 250 Å².